The molecular formula is C22H28N2O4S. The summed E-state index contributed by atoms with van der Waals surface area (Å²) < 4.78 is 0. The van der Waals surface area contributed by atoms with E-state index in [4.69, 9.17) is 0 Å². The molecule has 4 atom stereocenters. The monoisotopic (exact) mass is 416 g/mol. The van der Waals surface area contributed by atoms with Crippen LogP contribution < -0.4 is 10.6 Å². The zero-order valence-corrected chi connectivity index (χ0v) is 17.7. The number of fused-ring (bicyclic) bond motifs is 2. The molecule has 3 N–H and O–H groups in total. The van der Waals surface area contributed by atoms with Gasteiger partial charge in [0.1, 0.15) is 5.00 Å². The minimum atomic E-state index is -0.921. The van der Waals surface area contributed by atoms with E-state index in [1.807, 2.05) is 26.0 Å². The van der Waals surface area contributed by atoms with Crippen LogP contribution in [0.5, 0.6) is 0 Å². The molecule has 7 heteroatoms. The Morgan fingerprint density at radius 2 is 1.69 bits per heavy atom. The first-order valence-corrected chi connectivity index (χ1v) is 11.3. The smallest absolute Gasteiger partial charge is 0.307 e. The number of thiophene rings is 1. The van der Waals surface area contributed by atoms with Crippen molar-refractivity contribution in [1.29, 1.82) is 0 Å². The van der Waals surface area contributed by atoms with Gasteiger partial charge < -0.3 is 15.7 Å². The maximum Gasteiger partial charge on any atom is 0.307 e. The molecule has 0 saturated heterocycles. The zero-order valence-electron chi connectivity index (χ0n) is 16.9. The number of nitrogens with one attached hydrogen (secondary N) is 2. The number of anilines is 1. The summed E-state index contributed by atoms with van der Waals surface area (Å²) >= 11 is 1.39. The standard InChI is InChI=1S/C22H28N2O4S/c1-11-12(2)29-21(16(11)19(25)23-15-6-4-3-5-7-15)24-20(26)17-13-8-9-14(10-13)18(17)22(27)28/h8-9,13-15,17-18H,3-7,10H2,1-2H3,(H,23,25)(H,24,26)(H,27,28)/t13-,14-,17+,18+/m0/s1. The summed E-state index contributed by atoms with van der Waals surface area (Å²) in [5, 5.41) is 16.2. The quantitative estimate of drug-likeness (QED) is 0.635. The Balaban J connectivity index is 1.54. The molecule has 2 amide bonds. The van der Waals surface area contributed by atoms with Crippen molar-refractivity contribution in [2.24, 2.45) is 23.7 Å². The van der Waals surface area contributed by atoms with Crippen LogP contribution in [0.4, 0.5) is 5.00 Å². The summed E-state index contributed by atoms with van der Waals surface area (Å²) in [7, 11) is 0. The van der Waals surface area contributed by atoms with Gasteiger partial charge in [-0.25, -0.2) is 0 Å². The molecule has 2 fully saturated rings. The average Bonchev–Trinajstić information content (AvgIpc) is 3.36. The van der Waals surface area contributed by atoms with Gasteiger partial charge in [0.2, 0.25) is 5.91 Å². The van der Waals surface area contributed by atoms with Gasteiger partial charge in [0, 0.05) is 10.9 Å². The van der Waals surface area contributed by atoms with Crippen molar-refractivity contribution in [3.63, 3.8) is 0 Å². The molecule has 1 aromatic rings. The Labute approximate surface area is 174 Å². The van der Waals surface area contributed by atoms with Crippen LogP contribution in [0.25, 0.3) is 0 Å². The Bertz CT molecular complexity index is 868. The van der Waals surface area contributed by atoms with Crippen LogP contribution >= 0.6 is 11.3 Å². The number of allylic oxidation sites excluding steroid dienone is 2. The second kappa shape index (κ2) is 7.94. The number of aryl methyl sites for hydroxylation is 1. The third-order valence-corrected chi connectivity index (χ3v) is 7.96. The second-order valence-corrected chi connectivity index (χ2v) is 9.85. The number of amides is 2. The van der Waals surface area contributed by atoms with E-state index in [2.05, 4.69) is 10.6 Å². The molecule has 2 saturated carbocycles. The Hall–Kier alpha value is -2.15. The topological polar surface area (TPSA) is 95.5 Å². The van der Waals surface area contributed by atoms with Crippen LogP contribution in [-0.2, 0) is 9.59 Å². The maximum atomic E-state index is 13.1. The molecule has 3 aliphatic carbocycles. The third kappa shape index (κ3) is 3.72. The van der Waals surface area contributed by atoms with Crippen molar-refractivity contribution < 1.29 is 19.5 Å². The van der Waals surface area contributed by atoms with Crippen LogP contribution in [-0.4, -0.2) is 28.9 Å². The van der Waals surface area contributed by atoms with Gasteiger partial charge >= 0.3 is 5.97 Å². The van der Waals surface area contributed by atoms with Gasteiger partial charge in [0.05, 0.1) is 17.4 Å². The van der Waals surface area contributed by atoms with Crippen LogP contribution in [0.15, 0.2) is 12.2 Å². The highest BCUT2D eigenvalue weighted by Gasteiger charge is 2.51. The minimum Gasteiger partial charge on any atom is -0.481 e. The predicted octanol–water partition coefficient (Wildman–Crippen LogP) is 3.89. The lowest BCUT2D eigenvalue weighted by Gasteiger charge is -2.24. The summed E-state index contributed by atoms with van der Waals surface area (Å²) in [6.45, 7) is 3.84. The molecule has 6 nitrogen and oxygen atoms in total. The van der Waals surface area contributed by atoms with E-state index in [0.717, 1.165) is 36.1 Å². The highest BCUT2D eigenvalue weighted by molar-refractivity contribution is 7.16. The van der Waals surface area contributed by atoms with E-state index in [0.29, 0.717) is 17.0 Å². The minimum absolute atomic E-state index is 0.0391. The molecule has 3 aliphatic rings. The second-order valence-electron chi connectivity index (χ2n) is 8.62. The Morgan fingerprint density at radius 1 is 1.03 bits per heavy atom. The number of carbonyl (C=O) groups is 3. The predicted molar refractivity (Wildman–Crippen MR) is 112 cm³/mol. The van der Waals surface area contributed by atoms with E-state index in [1.165, 1.54) is 17.8 Å². The first kappa shape index (κ1) is 20.1. The van der Waals surface area contributed by atoms with Crippen LogP contribution in [0.1, 0.15) is 59.3 Å². The number of carbonyl (C=O) groups excluding carboxylic acids is 2. The number of hydrogen-bond acceptors (Lipinski definition) is 4. The molecule has 156 valence electrons. The van der Waals surface area contributed by atoms with Crippen molar-refractivity contribution in [2.75, 3.05) is 5.32 Å². The van der Waals surface area contributed by atoms with E-state index < -0.39 is 17.8 Å². The van der Waals surface area contributed by atoms with Crippen molar-refractivity contribution in [3.05, 3.63) is 28.2 Å². The van der Waals surface area contributed by atoms with Crippen molar-refractivity contribution in [1.82, 2.24) is 5.32 Å². The molecule has 4 rings (SSSR count). The zero-order chi connectivity index (χ0) is 20.7. The number of hydrogen-bond donors (Lipinski definition) is 3. The summed E-state index contributed by atoms with van der Waals surface area (Å²) in [6, 6.07) is 0.187. The fourth-order valence-electron chi connectivity index (χ4n) is 5.20. The third-order valence-electron chi connectivity index (χ3n) is 6.84. The summed E-state index contributed by atoms with van der Waals surface area (Å²) in [4.78, 5) is 38.8. The van der Waals surface area contributed by atoms with E-state index in [-0.39, 0.29) is 29.7 Å². The fourth-order valence-corrected chi connectivity index (χ4v) is 6.27. The number of aliphatic carboxylic acids is 1. The van der Waals surface area contributed by atoms with Crippen molar-refractivity contribution in [3.8, 4) is 0 Å². The summed E-state index contributed by atoms with van der Waals surface area (Å²) in [5.41, 5.74) is 1.40. The molecule has 0 aromatic carbocycles. The number of carboxylic acid groups (broad SMARTS) is 1. The fraction of sp³-hybridized carbons (Fsp3) is 0.591. The molecule has 0 spiro atoms. The van der Waals surface area contributed by atoms with E-state index >= 15 is 0 Å². The number of carboxylic acids is 1. The lowest BCUT2D eigenvalue weighted by Crippen LogP contribution is -2.38. The van der Waals surface area contributed by atoms with Crippen molar-refractivity contribution in [2.45, 2.75) is 58.4 Å². The van der Waals surface area contributed by atoms with Gasteiger partial charge in [-0.1, -0.05) is 31.4 Å². The SMILES string of the molecule is Cc1sc(NC(=O)[C@H]2[C@H](C(=O)O)[C@H]3C=C[C@H]2C3)c(C(=O)NC2CCCCC2)c1C. The highest BCUT2D eigenvalue weighted by atomic mass is 32.1. The van der Waals surface area contributed by atoms with E-state index in [1.54, 1.807) is 0 Å². The first-order chi connectivity index (χ1) is 13.9. The van der Waals surface area contributed by atoms with Crippen molar-refractivity contribution >= 4 is 34.1 Å². The normalized spacial score (nSPS) is 28.5. The van der Waals surface area contributed by atoms with Crippen LogP contribution in [0.3, 0.4) is 0 Å². The van der Waals surface area contributed by atoms with Gasteiger partial charge in [-0.3, -0.25) is 14.4 Å². The van der Waals surface area contributed by atoms with Crippen LogP contribution in [0, 0.1) is 37.5 Å². The lowest BCUT2D eigenvalue weighted by molar-refractivity contribution is -0.146. The lowest BCUT2D eigenvalue weighted by atomic mass is 9.82. The van der Waals surface area contributed by atoms with Gasteiger partial charge in [0.25, 0.3) is 5.91 Å². The average molecular weight is 417 g/mol. The summed E-state index contributed by atoms with van der Waals surface area (Å²) in [6.07, 6.45) is 10.1. The molecule has 0 aliphatic heterocycles. The van der Waals surface area contributed by atoms with Crippen LogP contribution in [0.2, 0.25) is 0 Å². The Kier molecular flexibility index (Phi) is 5.51. The Morgan fingerprint density at radius 3 is 2.34 bits per heavy atom. The van der Waals surface area contributed by atoms with Gasteiger partial charge in [-0.2, -0.15) is 0 Å². The molecule has 0 unspecified atom stereocenters. The molecule has 2 bridgehead atoms. The molecule has 1 aromatic heterocycles. The number of rotatable bonds is 5. The molecule has 1 heterocycles. The maximum absolute atomic E-state index is 13.1. The van der Waals surface area contributed by atoms with Gasteiger partial charge in [-0.15, -0.1) is 11.3 Å². The summed E-state index contributed by atoms with van der Waals surface area (Å²) in [5.74, 6) is -2.74. The highest BCUT2D eigenvalue weighted by Crippen LogP contribution is 2.48. The first-order valence-electron chi connectivity index (χ1n) is 10.5. The van der Waals surface area contributed by atoms with Gasteiger partial charge in [-0.05, 0) is 50.5 Å². The van der Waals surface area contributed by atoms with E-state index in [9.17, 15) is 19.5 Å². The molecular weight excluding hydrogens is 388 g/mol. The molecule has 0 radical (unpaired) electrons. The molecule has 29 heavy (non-hydrogen) atoms. The van der Waals surface area contributed by atoms with Gasteiger partial charge in [0.15, 0.2) is 0 Å². The largest absolute Gasteiger partial charge is 0.481 e.